The number of methoxy groups -OCH3 is 4. The van der Waals surface area contributed by atoms with Crippen LogP contribution >= 0.6 is 45.2 Å². The Labute approximate surface area is 459 Å². The Morgan fingerprint density at radius 1 is 0.554 bits per heavy atom. The normalized spacial score (nSPS) is 18.1. The van der Waals surface area contributed by atoms with Crippen molar-refractivity contribution in [2.75, 3.05) is 28.4 Å². The number of carbonyl (C=O) groups is 4. The second-order valence-corrected chi connectivity index (χ2v) is 21.7. The van der Waals surface area contributed by atoms with E-state index in [9.17, 15) is 9.59 Å². The molecule has 0 aliphatic carbocycles. The Morgan fingerprint density at radius 3 is 1.27 bits per heavy atom. The number of aromatic nitrogens is 6. The zero-order valence-corrected chi connectivity index (χ0v) is 47.3. The van der Waals surface area contributed by atoms with E-state index in [2.05, 4.69) is 76.4 Å². The molecule has 0 radical (unpaired) electrons. The van der Waals surface area contributed by atoms with E-state index in [0.717, 1.165) is 18.3 Å². The van der Waals surface area contributed by atoms with Crippen LogP contribution in [0.5, 0.6) is 23.0 Å². The van der Waals surface area contributed by atoms with Crippen LogP contribution in [-0.4, -0.2) is 104 Å². The molecule has 18 nitrogen and oxygen atoms in total. The molecule has 74 heavy (non-hydrogen) atoms. The summed E-state index contributed by atoms with van der Waals surface area (Å²) in [4.78, 5) is 64.1. The van der Waals surface area contributed by atoms with Gasteiger partial charge in [-0.3, -0.25) is 19.2 Å². The van der Waals surface area contributed by atoms with Crippen LogP contribution in [0.3, 0.4) is 0 Å². The summed E-state index contributed by atoms with van der Waals surface area (Å²) in [6.45, 7) is 8.01. The first-order valence-corrected chi connectivity index (χ1v) is 26.6. The molecule has 0 saturated heterocycles. The third kappa shape index (κ3) is 14.5. The van der Waals surface area contributed by atoms with Gasteiger partial charge in [0.25, 0.3) is 0 Å². The van der Waals surface area contributed by atoms with Crippen LogP contribution in [0.2, 0.25) is 0 Å². The Hall–Kier alpha value is -6.30. The summed E-state index contributed by atoms with van der Waals surface area (Å²) in [5, 5.41) is 24.5. The molecular weight excluding hydrogens is 1170 g/mol. The number of hydrogen-bond donors (Lipinski definition) is 2. The van der Waals surface area contributed by atoms with Crippen LogP contribution < -0.4 is 29.6 Å². The van der Waals surface area contributed by atoms with Crippen molar-refractivity contribution in [2.45, 2.75) is 104 Å². The van der Waals surface area contributed by atoms with E-state index in [1.165, 1.54) is 9.36 Å². The van der Waals surface area contributed by atoms with E-state index >= 15 is 9.59 Å². The maximum atomic E-state index is 15.4. The van der Waals surface area contributed by atoms with Crippen molar-refractivity contribution in [3.05, 3.63) is 138 Å². The quantitative estimate of drug-likeness (QED) is 0.0907. The number of benzene rings is 4. The average molecular weight is 1230 g/mol. The monoisotopic (exact) mass is 1230 g/mol. The number of rotatable bonds is 16. The molecule has 4 bridgehead atoms. The third-order valence-electron chi connectivity index (χ3n) is 12.7. The zero-order chi connectivity index (χ0) is 53.1. The Balaban J connectivity index is 1.38. The molecule has 1 aliphatic heterocycles. The number of nitrogens with one attached hydrogen (secondary N) is 2. The van der Waals surface area contributed by atoms with Crippen molar-refractivity contribution in [3.63, 3.8) is 0 Å². The van der Waals surface area contributed by atoms with E-state index in [-0.39, 0.29) is 62.7 Å². The third-order valence-corrected chi connectivity index (χ3v) is 14.2. The molecule has 392 valence electrons. The van der Waals surface area contributed by atoms with Gasteiger partial charge >= 0.3 is 0 Å². The van der Waals surface area contributed by atoms with Gasteiger partial charge in [-0.15, -0.1) is 10.2 Å². The smallest absolute Gasteiger partial charge is 0.246 e. The highest BCUT2D eigenvalue weighted by Gasteiger charge is 2.35. The fraction of sp³-hybridized carbons (Fsp3) is 0.407. The number of hydrogen-bond acceptors (Lipinski definition) is 12. The van der Waals surface area contributed by atoms with Crippen molar-refractivity contribution in [3.8, 4) is 23.0 Å². The van der Waals surface area contributed by atoms with E-state index < -0.39 is 36.0 Å². The first kappa shape index (κ1) is 55.5. The predicted octanol–water partition coefficient (Wildman–Crippen LogP) is 7.51. The van der Waals surface area contributed by atoms with Crippen LogP contribution in [0.1, 0.15) is 86.3 Å². The largest absolute Gasteiger partial charge is 0.497 e. The van der Waals surface area contributed by atoms with Crippen LogP contribution in [0.15, 0.2) is 97.3 Å². The van der Waals surface area contributed by atoms with Gasteiger partial charge < -0.3 is 39.4 Å². The summed E-state index contributed by atoms with van der Waals surface area (Å²) < 4.78 is 27.6. The number of nitrogens with zero attached hydrogens (tertiary/aromatic N) is 8. The molecule has 4 aromatic carbocycles. The van der Waals surface area contributed by atoms with Crippen molar-refractivity contribution >= 4 is 68.8 Å². The molecule has 2 N–H and O–H groups in total. The fourth-order valence-electron chi connectivity index (χ4n) is 8.92. The van der Waals surface area contributed by atoms with E-state index in [1.54, 1.807) is 74.9 Å². The molecule has 6 aromatic rings. The van der Waals surface area contributed by atoms with Crippen LogP contribution in [0.25, 0.3) is 0 Å². The lowest BCUT2D eigenvalue weighted by atomic mass is 10.0. The number of carbonyl (C=O) groups excluding carboxylic acids is 4. The summed E-state index contributed by atoms with van der Waals surface area (Å²) in [5.74, 6) is 0.516. The van der Waals surface area contributed by atoms with Gasteiger partial charge in [0.2, 0.25) is 23.6 Å². The van der Waals surface area contributed by atoms with Gasteiger partial charge in [0.15, 0.2) is 0 Å². The van der Waals surface area contributed by atoms with Crippen molar-refractivity contribution < 1.29 is 38.1 Å². The van der Waals surface area contributed by atoms with Crippen LogP contribution in [0.4, 0.5) is 0 Å². The van der Waals surface area contributed by atoms with Gasteiger partial charge in [0, 0.05) is 56.3 Å². The number of ether oxygens (including phenoxy) is 4. The average Bonchev–Trinajstić information content (AvgIpc) is 4.06. The van der Waals surface area contributed by atoms with Gasteiger partial charge in [-0.05, 0) is 130 Å². The second kappa shape index (κ2) is 25.8. The van der Waals surface area contributed by atoms with Gasteiger partial charge in [0.1, 0.15) is 58.6 Å². The molecule has 4 amide bonds. The van der Waals surface area contributed by atoms with Gasteiger partial charge in [-0.2, -0.15) is 0 Å². The predicted molar refractivity (Wildman–Crippen MR) is 294 cm³/mol. The van der Waals surface area contributed by atoms with Crippen LogP contribution in [0, 0.1) is 19.0 Å². The lowest BCUT2D eigenvalue weighted by Crippen LogP contribution is -2.51. The van der Waals surface area contributed by atoms with Crippen molar-refractivity contribution in [2.24, 2.45) is 11.8 Å². The Bertz CT molecular complexity index is 2680. The summed E-state index contributed by atoms with van der Waals surface area (Å²) in [7, 11) is 6.23. The summed E-state index contributed by atoms with van der Waals surface area (Å²) >= 11 is 4.47. The SMILES string of the molecule is COc1ccc(CN2Cc3cn(nn3)[C@H](CC(C)C)C(=O)N[C@@H](Cc3ccc(I)cc3)C(=O)N(Cc3ccc(OC)cc3OC)Cc3cn(nn3)[C@H](CC(C)C)C(=O)N[C@@H](Cc3ccc(I)cc3)C2=O)c(OC)c1. The highest BCUT2D eigenvalue weighted by molar-refractivity contribution is 14.1. The van der Waals surface area contributed by atoms with Crippen molar-refractivity contribution in [1.82, 2.24) is 50.4 Å². The van der Waals surface area contributed by atoms with Crippen LogP contribution in [-0.2, 0) is 58.2 Å². The Morgan fingerprint density at radius 2 is 0.932 bits per heavy atom. The maximum Gasteiger partial charge on any atom is 0.246 e. The first-order chi connectivity index (χ1) is 35.5. The molecule has 7 rings (SSSR count). The van der Waals surface area contributed by atoms with Gasteiger partial charge in [-0.1, -0.05) is 62.4 Å². The standard InChI is InChI=1S/C54H64I2N10O8/c1-33(2)21-47-51(67)57-45(23-35-9-15-39(55)16-10-35)53(69)64(28-38-14-20-44(72-6)26-50(38)74-8)30-42-32-66(62-60-42)48(22-34(3)4)52(68)58-46(24-36-11-17-40(56)18-12-36)54(70)63(29-41-31-65(47)61-59-41)27-37-13-19-43(71-5)25-49(37)73-7/h9-20,25-26,31-34,45-48H,21-24,27-30H2,1-8H3,(H,57,67)(H,58,68)/t45-,46-,47+,48+/m0/s1. The number of amides is 4. The summed E-state index contributed by atoms with van der Waals surface area (Å²) in [6.07, 6.45) is 4.35. The summed E-state index contributed by atoms with van der Waals surface area (Å²) in [5.41, 5.74) is 3.79. The Kier molecular flexibility index (Phi) is 19.3. The topological polar surface area (TPSA) is 197 Å². The minimum atomic E-state index is -1.07. The molecule has 20 heteroatoms. The molecule has 0 fully saturated rings. The summed E-state index contributed by atoms with van der Waals surface area (Å²) in [6, 6.07) is 22.4. The first-order valence-electron chi connectivity index (χ1n) is 24.4. The highest BCUT2D eigenvalue weighted by atomic mass is 127. The molecule has 0 saturated carbocycles. The highest BCUT2D eigenvalue weighted by Crippen LogP contribution is 2.30. The molecule has 2 aromatic heterocycles. The minimum absolute atomic E-state index is 0.0155. The number of halogens is 2. The van der Waals surface area contributed by atoms with E-state index in [1.807, 2.05) is 88.4 Å². The van der Waals surface area contributed by atoms with Crippen molar-refractivity contribution in [1.29, 1.82) is 0 Å². The lowest BCUT2D eigenvalue weighted by molar-refractivity contribution is -0.138. The van der Waals surface area contributed by atoms with E-state index in [0.29, 0.717) is 58.4 Å². The maximum absolute atomic E-state index is 15.4. The fourth-order valence-corrected chi connectivity index (χ4v) is 9.64. The molecule has 0 spiro atoms. The molecular formula is C54H64I2N10O8. The molecule has 0 unspecified atom stereocenters. The second-order valence-electron chi connectivity index (χ2n) is 19.2. The number of fused-ring (bicyclic) bond motifs is 4. The lowest BCUT2D eigenvalue weighted by Gasteiger charge is -2.30. The van der Waals surface area contributed by atoms with Gasteiger partial charge in [-0.25, -0.2) is 9.36 Å². The molecule has 1 aliphatic rings. The van der Waals surface area contributed by atoms with E-state index in [4.69, 9.17) is 18.9 Å². The van der Waals surface area contributed by atoms with Gasteiger partial charge in [0.05, 0.1) is 53.9 Å². The molecule has 3 heterocycles. The zero-order valence-electron chi connectivity index (χ0n) is 43.0. The minimum Gasteiger partial charge on any atom is -0.497 e. The molecule has 4 atom stereocenters.